The van der Waals surface area contributed by atoms with Gasteiger partial charge in [0.1, 0.15) is 5.75 Å². The molecule has 6 heteroatoms. The Morgan fingerprint density at radius 2 is 2.10 bits per heavy atom. The molecule has 21 heavy (non-hydrogen) atoms. The molecule has 0 saturated heterocycles. The van der Waals surface area contributed by atoms with E-state index in [1.807, 2.05) is 31.2 Å². The van der Waals surface area contributed by atoms with Crippen LogP contribution in [0.25, 0.3) is 0 Å². The number of nitrogens with two attached hydrogens (primary N) is 1. The average molecular weight is 293 g/mol. The molecule has 1 rings (SSSR count). The van der Waals surface area contributed by atoms with Gasteiger partial charge in [-0.3, -0.25) is 4.79 Å². The third kappa shape index (κ3) is 5.72. The molecule has 0 spiro atoms. The second-order valence-electron chi connectivity index (χ2n) is 4.78. The number of hydrogen-bond acceptors (Lipinski definition) is 4. The van der Waals surface area contributed by atoms with E-state index in [9.17, 15) is 4.79 Å². The summed E-state index contributed by atoms with van der Waals surface area (Å²) in [6.07, 6.45) is 2.46. The van der Waals surface area contributed by atoms with Crippen LogP contribution in [0, 0.1) is 0 Å². The third-order valence-electron chi connectivity index (χ3n) is 3.18. The number of oxime groups is 1. The summed E-state index contributed by atoms with van der Waals surface area (Å²) < 4.78 is 5.08. The number of carbonyl (C=O) groups excluding carboxylic acids is 1. The van der Waals surface area contributed by atoms with Crippen molar-refractivity contribution in [2.24, 2.45) is 10.9 Å². The fraction of sp³-hybridized carbons (Fsp3) is 0.467. The monoisotopic (exact) mass is 293 g/mol. The van der Waals surface area contributed by atoms with Crippen LogP contribution in [-0.4, -0.2) is 30.1 Å². The lowest BCUT2D eigenvalue weighted by atomic mass is 10.1. The van der Waals surface area contributed by atoms with Gasteiger partial charge in [0.25, 0.3) is 0 Å². The van der Waals surface area contributed by atoms with E-state index < -0.39 is 6.04 Å². The maximum atomic E-state index is 11.9. The quantitative estimate of drug-likeness (QED) is 0.294. The Morgan fingerprint density at radius 1 is 1.43 bits per heavy atom. The van der Waals surface area contributed by atoms with E-state index >= 15 is 0 Å². The summed E-state index contributed by atoms with van der Waals surface area (Å²) in [5.41, 5.74) is 6.62. The topological polar surface area (TPSA) is 96.9 Å². The first-order valence-corrected chi connectivity index (χ1v) is 7.00. The highest BCUT2D eigenvalue weighted by atomic mass is 16.5. The highest BCUT2D eigenvalue weighted by Crippen LogP contribution is 2.12. The molecule has 4 N–H and O–H groups in total. The Labute approximate surface area is 125 Å². The molecule has 116 valence electrons. The smallest absolute Gasteiger partial charge is 0.220 e. The van der Waals surface area contributed by atoms with Crippen LogP contribution in [0.3, 0.4) is 0 Å². The molecule has 1 atom stereocenters. The SMILES string of the molecule is CCCC(NC(=O)CCc1ccc(OC)cc1)/C(N)=N/O. The van der Waals surface area contributed by atoms with Gasteiger partial charge in [-0.2, -0.15) is 0 Å². The van der Waals surface area contributed by atoms with Crippen molar-refractivity contribution in [1.82, 2.24) is 5.32 Å². The standard InChI is InChI=1S/C15H23N3O3/c1-3-4-13(15(16)18-20)17-14(19)10-7-11-5-8-12(21-2)9-6-11/h5-6,8-9,13,20H,3-4,7,10H2,1-2H3,(H2,16,18)(H,17,19). The molecule has 0 aliphatic heterocycles. The van der Waals surface area contributed by atoms with Gasteiger partial charge in [-0.25, -0.2) is 0 Å². The predicted octanol–water partition coefficient (Wildman–Crippen LogP) is 1.66. The minimum Gasteiger partial charge on any atom is -0.497 e. The van der Waals surface area contributed by atoms with Crippen LogP contribution in [0.1, 0.15) is 31.7 Å². The lowest BCUT2D eigenvalue weighted by Crippen LogP contribution is -2.44. The number of nitrogens with one attached hydrogen (secondary N) is 1. The van der Waals surface area contributed by atoms with Crippen LogP contribution in [-0.2, 0) is 11.2 Å². The molecule has 1 amide bonds. The van der Waals surface area contributed by atoms with E-state index in [1.165, 1.54) is 0 Å². The predicted molar refractivity (Wildman–Crippen MR) is 81.6 cm³/mol. The van der Waals surface area contributed by atoms with Crippen LogP contribution < -0.4 is 15.8 Å². The van der Waals surface area contributed by atoms with Crippen molar-refractivity contribution in [3.8, 4) is 5.75 Å². The Hall–Kier alpha value is -2.24. The number of hydrogen-bond donors (Lipinski definition) is 3. The second kappa shape index (κ2) is 8.84. The molecule has 0 aromatic heterocycles. The summed E-state index contributed by atoms with van der Waals surface area (Å²) in [6, 6.07) is 7.18. The summed E-state index contributed by atoms with van der Waals surface area (Å²) in [7, 11) is 1.61. The minimum atomic E-state index is -0.414. The molecular weight excluding hydrogens is 270 g/mol. The van der Waals surface area contributed by atoms with Gasteiger partial charge in [-0.15, -0.1) is 0 Å². The summed E-state index contributed by atoms with van der Waals surface area (Å²) in [5.74, 6) is 0.712. The number of benzene rings is 1. The van der Waals surface area contributed by atoms with Gasteiger partial charge in [0.05, 0.1) is 13.2 Å². The van der Waals surface area contributed by atoms with Crippen LogP contribution in [0.2, 0.25) is 0 Å². The maximum Gasteiger partial charge on any atom is 0.220 e. The van der Waals surface area contributed by atoms with Crippen molar-refractivity contribution >= 4 is 11.7 Å². The first-order chi connectivity index (χ1) is 10.1. The summed E-state index contributed by atoms with van der Waals surface area (Å²) in [4.78, 5) is 11.9. The fourth-order valence-corrected chi connectivity index (χ4v) is 1.97. The van der Waals surface area contributed by atoms with E-state index in [4.69, 9.17) is 15.7 Å². The first kappa shape index (κ1) is 16.8. The minimum absolute atomic E-state index is 0.0367. The molecule has 0 bridgehead atoms. The Morgan fingerprint density at radius 3 is 2.62 bits per heavy atom. The van der Waals surface area contributed by atoms with Crippen LogP contribution >= 0.6 is 0 Å². The molecule has 0 radical (unpaired) electrons. The summed E-state index contributed by atoms with van der Waals surface area (Å²) >= 11 is 0. The number of rotatable bonds is 8. The second-order valence-corrected chi connectivity index (χ2v) is 4.78. The Balaban J connectivity index is 2.48. The molecule has 0 heterocycles. The summed E-state index contributed by atoms with van der Waals surface area (Å²) in [6.45, 7) is 1.97. The van der Waals surface area contributed by atoms with Crippen LogP contribution in [0.15, 0.2) is 29.4 Å². The van der Waals surface area contributed by atoms with E-state index in [1.54, 1.807) is 7.11 Å². The molecule has 1 unspecified atom stereocenters. The van der Waals surface area contributed by atoms with Gasteiger partial charge in [0.15, 0.2) is 5.84 Å². The highest BCUT2D eigenvalue weighted by molar-refractivity contribution is 5.89. The zero-order chi connectivity index (χ0) is 15.7. The number of ether oxygens (including phenoxy) is 1. The van der Waals surface area contributed by atoms with E-state index in [2.05, 4.69) is 10.5 Å². The van der Waals surface area contributed by atoms with Gasteiger partial charge >= 0.3 is 0 Å². The molecule has 0 fully saturated rings. The third-order valence-corrected chi connectivity index (χ3v) is 3.18. The molecular formula is C15H23N3O3. The molecule has 0 aliphatic carbocycles. The maximum absolute atomic E-state index is 11.9. The van der Waals surface area contributed by atoms with Gasteiger partial charge in [0.2, 0.25) is 5.91 Å². The molecule has 6 nitrogen and oxygen atoms in total. The highest BCUT2D eigenvalue weighted by Gasteiger charge is 2.15. The van der Waals surface area contributed by atoms with E-state index in [-0.39, 0.29) is 11.7 Å². The van der Waals surface area contributed by atoms with Gasteiger partial charge < -0.3 is 21.0 Å². The first-order valence-electron chi connectivity index (χ1n) is 7.00. The van der Waals surface area contributed by atoms with Gasteiger partial charge in [-0.05, 0) is 30.5 Å². The fourth-order valence-electron chi connectivity index (χ4n) is 1.97. The normalized spacial score (nSPS) is 12.8. The number of methoxy groups -OCH3 is 1. The van der Waals surface area contributed by atoms with Crippen molar-refractivity contribution in [2.45, 2.75) is 38.6 Å². The van der Waals surface area contributed by atoms with Crippen molar-refractivity contribution in [3.63, 3.8) is 0 Å². The van der Waals surface area contributed by atoms with Gasteiger partial charge in [0, 0.05) is 6.42 Å². The average Bonchev–Trinajstić information content (AvgIpc) is 2.52. The van der Waals surface area contributed by atoms with Crippen LogP contribution in [0.4, 0.5) is 0 Å². The van der Waals surface area contributed by atoms with Crippen molar-refractivity contribution in [3.05, 3.63) is 29.8 Å². The van der Waals surface area contributed by atoms with Crippen molar-refractivity contribution in [1.29, 1.82) is 0 Å². The van der Waals surface area contributed by atoms with E-state index in [0.29, 0.717) is 19.3 Å². The number of carbonyl (C=O) groups is 1. The number of amides is 1. The number of nitrogens with zero attached hydrogens (tertiary/aromatic N) is 1. The zero-order valence-electron chi connectivity index (χ0n) is 12.5. The van der Waals surface area contributed by atoms with Crippen LogP contribution in [0.5, 0.6) is 5.75 Å². The molecule has 1 aromatic rings. The van der Waals surface area contributed by atoms with Crippen molar-refractivity contribution < 1.29 is 14.7 Å². The Bertz CT molecular complexity index is 472. The lowest BCUT2D eigenvalue weighted by molar-refractivity contribution is -0.121. The van der Waals surface area contributed by atoms with E-state index in [0.717, 1.165) is 17.7 Å². The zero-order valence-corrected chi connectivity index (χ0v) is 12.5. The molecule has 0 saturated carbocycles. The number of amidine groups is 1. The number of aryl methyl sites for hydroxylation is 1. The molecule has 0 aliphatic rings. The Kier molecular flexibility index (Phi) is 7.08. The van der Waals surface area contributed by atoms with Gasteiger partial charge in [-0.1, -0.05) is 30.6 Å². The largest absolute Gasteiger partial charge is 0.497 e. The molecule has 1 aromatic carbocycles. The summed E-state index contributed by atoms with van der Waals surface area (Å²) in [5, 5.41) is 14.4. The lowest BCUT2D eigenvalue weighted by Gasteiger charge is -2.16. The van der Waals surface area contributed by atoms with Crippen molar-refractivity contribution in [2.75, 3.05) is 7.11 Å².